The Balaban J connectivity index is 2.27. The topological polar surface area (TPSA) is 44.1 Å². The summed E-state index contributed by atoms with van der Waals surface area (Å²) < 4.78 is 20.5. The third-order valence-corrected chi connectivity index (χ3v) is 3.43. The second-order valence-electron chi connectivity index (χ2n) is 4.71. The molecule has 0 atom stereocenters. The van der Waals surface area contributed by atoms with Crippen LogP contribution in [0.15, 0.2) is 0 Å². The van der Waals surface area contributed by atoms with Gasteiger partial charge in [-0.05, 0) is 26.7 Å². The Bertz CT molecular complexity index is 436. The minimum atomic E-state index is -0.616. The summed E-state index contributed by atoms with van der Waals surface area (Å²) in [6, 6.07) is 0.0839. The first-order valence-electron chi connectivity index (χ1n) is 6.56. The summed E-state index contributed by atoms with van der Waals surface area (Å²) >= 11 is 0. The molecule has 0 saturated heterocycles. The minimum absolute atomic E-state index is 0.0116. The van der Waals surface area contributed by atoms with Crippen molar-refractivity contribution in [2.45, 2.75) is 52.0 Å². The van der Waals surface area contributed by atoms with Gasteiger partial charge in [-0.15, -0.1) is 0 Å². The number of hydrogen-bond acceptors (Lipinski definition) is 3. The Morgan fingerprint density at radius 1 is 1.44 bits per heavy atom. The van der Waals surface area contributed by atoms with Crippen molar-refractivity contribution in [3.8, 4) is 0 Å². The molecule has 1 aromatic rings. The van der Waals surface area contributed by atoms with Crippen LogP contribution in [0.2, 0.25) is 0 Å². The van der Waals surface area contributed by atoms with Crippen LogP contribution in [0, 0.1) is 12.9 Å². The molecule has 0 N–H and O–H groups in total. The van der Waals surface area contributed by atoms with Crippen LogP contribution in [-0.2, 0) is 4.74 Å². The Morgan fingerprint density at radius 3 is 2.72 bits per heavy atom. The molecule has 1 heterocycles. The third-order valence-electron chi connectivity index (χ3n) is 3.43. The van der Waals surface area contributed by atoms with Gasteiger partial charge in [0.1, 0.15) is 5.56 Å². The Hall–Kier alpha value is -1.39. The van der Waals surface area contributed by atoms with Gasteiger partial charge in [-0.25, -0.2) is 9.48 Å². The van der Waals surface area contributed by atoms with Gasteiger partial charge in [0.15, 0.2) is 0 Å². The van der Waals surface area contributed by atoms with Gasteiger partial charge < -0.3 is 4.74 Å². The van der Waals surface area contributed by atoms with Crippen LogP contribution in [0.5, 0.6) is 0 Å². The highest BCUT2D eigenvalue weighted by Gasteiger charge is 2.27. The van der Waals surface area contributed by atoms with Crippen LogP contribution in [0.1, 0.15) is 61.1 Å². The molecule has 18 heavy (non-hydrogen) atoms. The summed E-state index contributed by atoms with van der Waals surface area (Å²) in [5, 5.41) is 4.18. The number of esters is 1. The van der Waals surface area contributed by atoms with Crippen molar-refractivity contribution in [3.63, 3.8) is 0 Å². The zero-order chi connectivity index (χ0) is 13.1. The van der Waals surface area contributed by atoms with Crippen LogP contribution >= 0.6 is 0 Å². The molecule has 0 spiro atoms. The highest BCUT2D eigenvalue weighted by atomic mass is 19.1. The minimum Gasteiger partial charge on any atom is -0.462 e. The molecule has 1 aliphatic rings. The summed E-state index contributed by atoms with van der Waals surface area (Å²) in [5.41, 5.74) is 0.402. The first kappa shape index (κ1) is 13.1. The molecule has 100 valence electrons. The fraction of sp³-hybridized carbons (Fsp3) is 0.692. The zero-order valence-electron chi connectivity index (χ0n) is 10.9. The lowest BCUT2D eigenvalue weighted by Crippen LogP contribution is -2.17. The van der Waals surface area contributed by atoms with E-state index in [0.717, 1.165) is 25.7 Å². The number of aromatic nitrogens is 2. The van der Waals surface area contributed by atoms with E-state index >= 15 is 0 Å². The van der Waals surface area contributed by atoms with E-state index in [-0.39, 0.29) is 18.2 Å². The van der Waals surface area contributed by atoms with Gasteiger partial charge >= 0.3 is 5.97 Å². The molecule has 0 bridgehead atoms. The van der Waals surface area contributed by atoms with E-state index in [1.165, 1.54) is 11.1 Å². The summed E-state index contributed by atoms with van der Waals surface area (Å²) in [7, 11) is 0. The maximum absolute atomic E-state index is 14.3. The van der Waals surface area contributed by atoms with Crippen LogP contribution in [0.3, 0.4) is 0 Å². The Labute approximate surface area is 106 Å². The molecule has 1 aromatic heterocycles. The van der Waals surface area contributed by atoms with Gasteiger partial charge in [0.05, 0.1) is 18.3 Å². The molecule has 1 aliphatic carbocycles. The highest BCUT2D eigenvalue weighted by Crippen LogP contribution is 2.29. The van der Waals surface area contributed by atoms with Gasteiger partial charge in [0.25, 0.3) is 0 Å². The first-order chi connectivity index (χ1) is 8.65. The van der Waals surface area contributed by atoms with E-state index in [4.69, 9.17) is 4.74 Å². The number of halogens is 1. The average molecular weight is 254 g/mol. The number of carbonyl (C=O) groups is 1. The van der Waals surface area contributed by atoms with Crippen molar-refractivity contribution in [3.05, 3.63) is 17.2 Å². The molecule has 0 aliphatic heterocycles. The zero-order valence-corrected chi connectivity index (χ0v) is 10.9. The van der Waals surface area contributed by atoms with E-state index in [1.807, 2.05) is 0 Å². The lowest BCUT2D eigenvalue weighted by molar-refractivity contribution is 0.0519. The van der Waals surface area contributed by atoms with Crippen molar-refractivity contribution in [2.75, 3.05) is 6.61 Å². The third kappa shape index (κ3) is 2.40. The average Bonchev–Trinajstić information content (AvgIpc) is 2.66. The van der Waals surface area contributed by atoms with E-state index in [0.29, 0.717) is 5.69 Å². The second kappa shape index (κ2) is 5.50. The lowest BCUT2D eigenvalue weighted by Gasteiger charge is -2.22. The molecule has 1 saturated carbocycles. The number of rotatable bonds is 3. The molecule has 5 heteroatoms. The van der Waals surface area contributed by atoms with Crippen LogP contribution in [0.25, 0.3) is 0 Å². The SMILES string of the molecule is CCOC(=O)c1c(C)nn(C2CCCCC2)c1F. The maximum atomic E-state index is 14.3. The Morgan fingerprint density at radius 2 is 2.11 bits per heavy atom. The van der Waals surface area contributed by atoms with Gasteiger partial charge in [0, 0.05) is 0 Å². The first-order valence-corrected chi connectivity index (χ1v) is 6.56. The molecular formula is C13H19FN2O2. The predicted octanol–water partition coefficient (Wildman–Crippen LogP) is 3.01. The molecule has 2 rings (SSSR count). The van der Waals surface area contributed by atoms with E-state index in [2.05, 4.69) is 5.10 Å². The van der Waals surface area contributed by atoms with Crippen molar-refractivity contribution in [2.24, 2.45) is 0 Å². The molecular weight excluding hydrogens is 235 g/mol. The van der Waals surface area contributed by atoms with Crippen molar-refractivity contribution >= 4 is 5.97 Å². The van der Waals surface area contributed by atoms with Gasteiger partial charge in [-0.3, -0.25) is 0 Å². The van der Waals surface area contributed by atoms with Crippen LogP contribution < -0.4 is 0 Å². The van der Waals surface area contributed by atoms with Crippen LogP contribution in [-0.4, -0.2) is 22.4 Å². The van der Waals surface area contributed by atoms with Gasteiger partial charge in [0.2, 0.25) is 5.95 Å². The van der Waals surface area contributed by atoms with Crippen LogP contribution in [0.4, 0.5) is 4.39 Å². The highest BCUT2D eigenvalue weighted by molar-refractivity contribution is 5.90. The van der Waals surface area contributed by atoms with Gasteiger partial charge in [-0.2, -0.15) is 9.49 Å². The molecule has 1 fully saturated rings. The molecule has 0 aromatic carbocycles. The summed E-state index contributed by atoms with van der Waals surface area (Å²) in [4.78, 5) is 11.7. The van der Waals surface area contributed by atoms with Crippen molar-refractivity contribution < 1.29 is 13.9 Å². The number of nitrogens with zero attached hydrogens (tertiary/aromatic N) is 2. The quantitative estimate of drug-likeness (QED) is 0.779. The monoisotopic (exact) mass is 254 g/mol. The number of aryl methyl sites for hydroxylation is 1. The van der Waals surface area contributed by atoms with E-state index in [1.54, 1.807) is 13.8 Å². The molecule has 0 radical (unpaired) electrons. The normalized spacial score (nSPS) is 16.8. The smallest absolute Gasteiger partial charge is 0.344 e. The van der Waals surface area contributed by atoms with E-state index in [9.17, 15) is 9.18 Å². The molecule has 0 amide bonds. The fourth-order valence-corrected chi connectivity index (χ4v) is 2.52. The van der Waals surface area contributed by atoms with Crippen molar-refractivity contribution in [1.29, 1.82) is 0 Å². The van der Waals surface area contributed by atoms with E-state index < -0.39 is 11.9 Å². The summed E-state index contributed by atoms with van der Waals surface area (Å²) in [6.45, 7) is 3.59. The van der Waals surface area contributed by atoms with Crippen molar-refractivity contribution in [1.82, 2.24) is 9.78 Å². The Kier molecular flexibility index (Phi) is 3.99. The molecule has 4 nitrogen and oxygen atoms in total. The fourth-order valence-electron chi connectivity index (χ4n) is 2.52. The number of ether oxygens (including phenoxy) is 1. The largest absolute Gasteiger partial charge is 0.462 e. The number of carbonyl (C=O) groups excluding carboxylic acids is 1. The number of hydrogen-bond donors (Lipinski definition) is 0. The summed E-state index contributed by atoms with van der Waals surface area (Å²) in [6.07, 6.45) is 5.25. The molecule has 0 unspecified atom stereocenters. The predicted molar refractivity (Wildman–Crippen MR) is 65.0 cm³/mol. The maximum Gasteiger partial charge on any atom is 0.344 e. The standard InChI is InChI=1S/C13H19FN2O2/c1-3-18-13(17)11-9(2)15-16(12(11)14)10-7-5-4-6-8-10/h10H,3-8H2,1-2H3. The van der Waals surface area contributed by atoms with Gasteiger partial charge in [-0.1, -0.05) is 19.3 Å². The summed E-state index contributed by atoms with van der Waals surface area (Å²) in [5.74, 6) is -1.16. The second-order valence-corrected chi connectivity index (χ2v) is 4.71. The lowest BCUT2D eigenvalue weighted by atomic mass is 9.96.